The van der Waals surface area contributed by atoms with Gasteiger partial charge in [0.2, 0.25) is 5.91 Å². The van der Waals surface area contributed by atoms with E-state index in [0.717, 1.165) is 18.9 Å². The van der Waals surface area contributed by atoms with E-state index in [9.17, 15) is 19.3 Å². The molecule has 0 bridgehead atoms. The Morgan fingerprint density at radius 3 is 2.71 bits per heavy atom. The van der Waals surface area contributed by atoms with Crippen molar-refractivity contribution in [3.05, 3.63) is 34.1 Å². The minimum absolute atomic E-state index is 0.0540. The summed E-state index contributed by atoms with van der Waals surface area (Å²) in [6, 6.07) is 3.53. The Labute approximate surface area is 121 Å². The van der Waals surface area contributed by atoms with Crippen molar-refractivity contribution in [1.29, 1.82) is 0 Å². The number of hydrogen-bond acceptors (Lipinski definition) is 5. The monoisotopic (exact) mass is 296 g/mol. The number of rotatable bonds is 5. The third-order valence-corrected chi connectivity index (χ3v) is 3.48. The first-order valence-electron chi connectivity index (χ1n) is 6.67. The average Bonchev–Trinajstić information content (AvgIpc) is 2.42. The van der Waals surface area contributed by atoms with E-state index in [1.165, 1.54) is 12.1 Å². The van der Waals surface area contributed by atoms with Crippen LogP contribution in [0.3, 0.4) is 0 Å². The maximum atomic E-state index is 13.1. The molecule has 8 heteroatoms. The molecule has 3 N–H and O–H groups in total. The number of carbonyl (C=O) groups is 1. The van der Waals surface area contributed by atoms with Crippen LogP contribution in [0.15, 0.2) is 18.2 Å². The number of nitrogens with two attached hydrogens (primary N) is 1. The highest BCUT2D eigenvalue weighted by Crippen LogP contribution is 2.27. The molecule has 1 fully saturated rings. The van der Waals surface area contributed by atoms with Gasteiger partial charge in [0.15, 0.2) is 0 Å². The first-order chi connectivity index (χ1) is 9.95. The number of nitrogens with one attached hydrogen (secondary N) is 1. The second-order valence-corrected chi connectivity index (χ2v) is 5.08. The zero-order chi connectivity index (χ0) is 15.4. The van der Waals surface area contributed by atoms with Gasteiger partial charge in [-0.05, 0) is 25.0 Å². The largest absolute Gasteiger partial charge is 0.377 e. The van der Waals surface area contributed by atoms with Crippen molar-refractivity contribution in [3.8, 4) is 0 Å². The molecule has 0 unspecified atom stereocenters. The van der Waals surface area contributed by atoms with E-state index in [4.69, 9.17) is 5.73 Å². The summed E-state index contributed by atoms with van der Waals surface area (Å²) in [6.07, 6.45) is 1.48. The molecule has 0 saturated carbocycles. The Bertz CT molecular complexity index is 544. The molecule has 0 atom stereocenters. The lowest BCUT2D eigenvalue weighted by atomic mass is 10.0. The zero-order valence-corrected chi connectivity index (χ0v) is 11.4. The number of halogens is 1. The van der Waals surface area contributed by atoms with Gasteiger partial charge in [0.05, 0.1) is 17.5 Å². The average molecular weight is 296 g/mol. The van der Waals surface area contributed by atoms with Crippen LogP contribution in [0.1, 0.15) is 12.8 Å². The molecule has 1 saturated heterocycles. The topological polar surface area (TPSA) is 102 Å². The number of benzene rings is 1. The number of nitro benzene ring substituents is 1. The number of nitrogens with zero attached hydrogens (tertiary/aromatic N) is 2. The molecule has 1 heterocycles. The molecule has 2 rings (SSSR count). The van der Waals surface area contributed by atoms with Crippen LogP contribution < -0.4 is 11.1 Å². The van der Waals surface area contributed by atoms with Crippen LogP contribution in [0.5, 0.6) is 0 Å². The Morgan fingerprint density at radius 1 is 1.48 bits per heavy atom. The van der Waals surface area contributed by atoms with Gasteiger partial charge in [0, 0.05) is 19.1 Å². The van der Waals surface area contributed by atoms with Gasteiger partial charge in [-0.2, -0.15) is 0 Å². The number of carbonyl (C=O) groups excluding carboxylic acids is 1. The third-order valence-electron chi connectivity index (χ3n) is 3.48. The van der Waals surface area contributed by atoms with Crippen molar-refractivity contribution in [2.24, 2.45) is 5.73 Å². The molecule has 0 aromatic heterocycles. The standard InChI is InChI=1S/C13H17FN4O3/c14-9-1-2-11(12(7-9)18(20)21)16-10-3-5-17(6-4-10)8-13(15)19/h1-2,7,10,16H,3-6,8H2,(H2,15,19). The van der Waals surface area contributed by atoms with E-state index in [-0.39, 0.29) is 24.2 Å². The summed E-state index contributed by atoms with van der Waals surface area (Å²) in [5.74, 6) is -1.00. The number of amides is 1. The molecule has 1 amide bonds. The second kappa shape index (κ2) is 6.49. The first kappa shape index (κ1) is 15.2. The van der Waals surface area contributed by atoms with Gasteiger partial charge in [0.25, 0.3) is 5.69 Å². The van der Waals surface area contributed by atoms with Gasteiger partial charge in [-0.25, -0.2) is 4.39 Å². The minimum atomic E-state index is -0.636. The van der Waals surface area contributed by atoms with E-state index in [0.29, 0.717) is 18.8 Å². The molecule has 1 aromatic rings. The fraction of sp³-hybridized carbons (Fsp3) is 0.462. The summed E-state index contributed by atoms with van der Waals surface area (Å²) in [6.45, 7) is 1.61. The molecule has 114 valence electrons. The number of primary amides is 1. The van der Waals surface area contributed by atoms with Crippen molar-refractivity contribution in [3.63, 3.8) is 0 Å². The van der Waals surface area contributed by atoms with Crippen LogP contribution >= 0.6 is 0 Å². The van der Waals surface area contributed by atoms with Crippen molar-refractivity contribution < 1.29 is 14.1 Å². The van der Waals surface area contributed by atoms with Crippen LogP contribution in [0.4, 0.5) is 15.8 Å². The van der Waals surface area contributed by atoms with E-state index >= 15 is 0 Å². The predicted octanol–water partition coefficient (Wildman–Crippen LogP) is 1.10. The van der Waals surface area contributed by atoms with Gasteiger partial charge in [-0.15, -0.1) is 0 Å². The summed E-state index contributed by atoms with van der Waals surface area (Å²) in [5, 5.41) is 14.0. The number of anilines is 1. The van der Waals surface area contributed by atoms with Crippen molar-refractivity contribution >= 4 is 17.3 Å². The maximum absolute atomic E-state index is 13.1. The Kier molecular flexibility index (Phi) is 4.69. The molecule has 21 heavy (non-hydrogen) atoms. The Balaban J connectivity index is 1.97. The van der Waals surface area contributed by atoms with Gasteiger partial charge in [0.1, 0.15) is 11.5 Å². The van der Waals surface area contributed by atoms with E-state index in [1.807, 2.05) is 4.90 Å². The predicted molar refractivity (Wildman–Crippen MR) is 75.3 cm³/mol. The van der Waals surface area contributed by atoms with Crippen molar-refractivity contribution in [2.75, 3.05) is 25.0 Å². The fourth-order valence-corrected chi connectivity index (χ4v) is 2.45. The molecule has 0 spiro atoms. The minimum Gasteiger partial charge on any atom is -0.377 e. The number of piperidine rings is 1. The molecule has 1 aliphatic heterocycles. The van der Waals surface area contributed by atoms with E-state index in [1.54, 1.807) is 0 Å². The zero-order valence-electron chi connectivity index (χ0n) is 11.4. The summed E-state index contributed by atoms with van der Waals surface area (Å²) >= 11 is 0. The lowest BCUT2D eigenvalue weighted by molar-refractivity contribution is -0.384. The van der Waals surface area contributed by atoms with Crippen LogP contribution in [0.2, 0.25) is 0 Å². The lowest BCUT2D eigenvalue weighted by Gasteiger charge is -2.31. The molecule has 1 aromatic carbocycles. The summed E-state index contributed by atoms with van der Waals surface area (Å²) in [5.41, 5.74) is 5.19. The number of hydrogen-bond donors (Lipinski definition) is 2. The van der Waals surface area contributed by atoms with E-state index in [2.05, 4.69) is 5.32 Å². The Morgan fingerprint density at radius 2 is 2.14 bits per heavy atom. The van der Waals surface area contributed by atoms with Crippen LogP contribution in [0.25, 0.3) is 0 Å². The summed E-state index contributed by atoms with van der Waals surface area (Å²) in [7, 11) is 0. The highest BCUT2D eigenvalue weighted by molar-refractivity contribution is 5.75. The van der Waals surface area contributed by atoms with Crippen LogP contribution in [0, 0.1) is 15.9 Å². The first-order valence-corrected chi connectivity index (χ1v) is 6.67. The smallest absolute Gasteiger partial charge is 0.295 e. The van der Waals surface area contributed by atoms with Crippen molar-refractivity contribution in [2.45, 2.75) is 18.9 Å². The molecular formula is C13H17FN4O3. The van der Waals surface area contributed by atoms with Crippen LogP contribution in [-0.2, 0) is 4.79 Å². The van der Waals surface area contributed by atoms with Crippen LogP contribution in [-0.4, -0.2) is 41.4 Å². The number of nitro groups is 1. The summed E-state index contributed by atoms with van der Waals surface area (Å²) in [4.78, 5) is 23.1. The van der Waals surface area contributed by atoms with Gasteiger partial charge >= 0.3 is 0 Å². The van der Waals surface area contributed by atoms with E-state index < -0.39 is 10.7 Å². The molecule has 0 aliphatic carbocycles. The molecule has 1 aliphatic rings. The van der Waals surface area contributed by atoms with Gasteiger partial charge in [-0.3, -0.25) is 19.8 Å². The molecule has 0 radical (unpaired) electrons. The SMILES string of the molecule is NC(=O)CN1CCC(Nc2ccc(F)cc2[N+](=O)[O-])CC1. The Hall–Kier alpha value is -2.22. The molecular weight excluding hydrogens is 279 g/mol. The third kappa shape index (κ3) is 4.12. The van der Waals surface area contributed by atoms with Gasteiger partial charge in [-0.1, -0.05) is 0 Å². The highest BCUT2D eigenvalue weighted by atomic mass is 19.1. The quantitative estimate of drug-likeness (QED) is 0.625. The van der Waals surface area contributed by atoms with Crippen molar-refractivity contribution in [1.82, 2.24) is 4.90 Å². The fourth-order valence-electron chi connectivity index (χ4n) is 2.45. The maximum Gasteiger partial charge on any atom is 0.295 e. The summed E-state index contributed by atoms with van der Waals surface area (Å²) < 4.78 is 13.1. The lowest BCUT2D eigenvalue weighted by Crippen LogP contribution is -2.43. The molecule has 7 nitrogen and oxygen atoms in total. The normalized spacial score (nSPS) is 16.6. The number of likely N-dealkylation sites (tertiary alicyclic amines) is 1. The second-order valence-electron chi connectivity index (χ2n) is 5.08. The van der Waals surface area contributed by atoms with Gasteiger partial charge < -0.3 is 11.1 Å². The highest BCUT2D eigenvalue weighted by Gasteiger charge is 2.23.